The van der Waals surface area contributed by atoms with Crippen LogP contribution in [0.25, 0.3) is 22.0 Å². The van der Waals surface area contributed by atoms with Crippen LogP contribution in [0.5, 0.6) is 5.75 Å². The van der Waals surface area contributed by atoms with Crippen LogP contribution in [0, 0.1) is 17.5 Å². The zero-order valence-electron chi connectivity index (χ0n) is 15.6. The Hall–Kier alpha value is -3.39. The first kappa shape index (κ1) is 19.9. The van der Waals surface area contributed by atoms with Crippen molar-refractivity contribution >= 4 is 20.7 Å². The lowest BCUT2D eigenvalue weighted by Gasteiger charge is -2.14. The molecule has 30 heavy (non-hydrogen) atoms. The smallest absolute Gasteiger partial charge is 0.208 e. The number of fused-ring (bicyclic) bond motifs is 1. The lowest BCUT2D eigenvalue weighted by Crippen LogP contribution is -2.06. The molecule has 0 amide bonds. The zero-order chi connectivity index (χ0) is 21.5. The number of benzene rings is 3. The van der Waals surface area contributed by atoms with Crippen molar-refractivity contribution in [2.75, 3.05) is 7.11 Å². The van der Waals surface area contributed by atoms with Crippen LogP contribution in [0.4, 0.5) is 13.2 Å². The maximum atomic E-state index is 13.7. The fourth-order valence-corrected chi connectivity index (χ4v) is 4.63. The van der Waals surface area contributed by atoms with Crippen molar-refractivity contribution in [2.45, 2.75) is 9.79 Å². The average molecular weight is 429 g/mol. The van der Waals surface area contributed by atoms with Gasteiger partial charge >= 0.3 is 0 Å². The molecule has 0 fully saturated rings. The molecule has 8 heteroatoms. The van der Waals surface area contributed by atoms with Crippen LogP contribution in [0.1, 0.15) is 0 Å². The summed E-state index contributed by atoms with van der Waals surface area (Å²) in [5.74, 6) is -2.39. The normalized spacial score (nSPS) is 11.6. The minimum absolute atomic E-state index is 0.210. The van der Waals surface area contributed by atoms with Gasteiger partial charge in [-0.25, -0.2) is 21.6 Å². The molecular formula is C22H14F3NO3S. The summed E-state index contributed by atoms with van der Waals surface area (Å²) < 4.78 is 72.5. The number of pyridine rings is 1. The Kier molecular flexibility index (Phi) is 4.95. The summed E-state index contributed by atoms with van der Waals surface area (Å²) in [5, 5.41) is 0.394. The number of nitrogens with zero attached hydrogens (tertiary/aromatic N) is 1. The molecule has 0 radical (unpaired) electrons. The first-order valence-electron chi connectivity index (χ1n) is 8.74. The Labute approximate surface area is 170 Å². The molecule has 0 spiro atoms. The fraction of sp³-hybridized carbons (Fsp3) is 0.0455. The van der Waals surface area contributed by atoms with Gasteiger partial charge in [0.05, 0.1) is 22.4 Å². The summed E-state index contributed by atoms with van der Waals surface area (Å²) in [5.41, 5.74) is 1.04. The molecule has 1 heterocycles. The first-order chi connectivity index (χ1) is 14.3. The molecule has 0 saturated heterocycles. The van der Waals surface area contributed by atoms with Gasteiger partial charge in [0.25, 0.3) is 0 Å². The van der Waals surface area contributed by atoms with Crippen LogP contribution in [-0.2, 0) is 9.84 Å². The summed E-state index contributed by atoms with van der Waals surface area (Å²) in [6.45, 7) is 0. The third-order valence-electron chi connectivity index (χ3n) is 4.67. The number of aromatic nitrogens is 1. The van der Waals surface area contributed by atoms with Gasteiger partial charge in [-0.2, -0.15) is 0 Å². The first-order valence-corrected chi connectivity index (χ1v) is 10.2. The second-order valence-corrected chi connectivity index (χ2v) is 8.38. The number of halogens is 3. The molecule has 0 aliphatic heterocycles. The van der Waals surface area contributed by atoms with Gasteiger partial charge in [-0.05, 0) is 48.0 Å². The molecule has 0 aliphatic carbocycles. The number of sulfone groups is 1. The molecule has 1 aromatic heterocycles. The van der Waals surface area contributed by atoms with Gasteiger partial charge in [-0.1, -0.05) is 12.1 Å². The summed E-state index contributed by atoms with van der Waals surface area (Å²) in [6, 6.07) is 12.8. The highest BCUT2D eigenvalue weighted by Gasteiger charge is 2.26. The van der Waals surface area contributed by atoms with E-state index in [-0.39, 0.29) is 16.0 Å². The minimum Gasteiger partial charge on any atom is -0.497 e. The topological polar surface area (TPSA) is 56.3 Å². The molecule has 0 N–H and O–H groups in total. The van der Waals surface area contributed by atoms with E-state index in [9.17, 15) is 21.6 Å². The predicted octanol–water partition coefficient (Wildman–Crippen LogP) is 5.16. The van der Waals surface area contributed by atoms with Crippen LogP contribution in [0.2, 0.25) is 0 Å². The van der Waals surface area contributed by atoms with Gasteiger partial charge in [-0.15, -0.1) is 0 Å². The molecule has 3 aromatic carbocycles. The van der Waals surface area contributed by atoms with E-state index in [2.05, 4.69) is 4.98 Å². The SMILES string of the molecule is COc1ccc(-c2c(S(=O)(=O)c3ccc(F)c(F)c3)cnc3cc(F)ccc23)cc1. The molecule has 4 aromatic rings. The Morgan fingerprint density at radius 1 is 0.867 bits per heavy atom. The maximum absolute atomic E-state index is 13.7. The lowest BCUT2D eigenvalue weighted by atomic mass is 10.0. The zero-order valence-corrected chi connectivity index (χ0v) is 16.4. The van der Waals surface area contributed by atoms with Gasteiger partial charge in [0.1, 0.15) is 11.6 Å². The van der Waals surface area contributed by atoms with Crippen molar-refractivity contribution < 1.29 is 26.3 Å². The van der Waals surface area contributed by atoms with E-state index >= 15 is 0 Å². The summed E-state index contributed by atoms with van der Waals surface area (Å²) >= 11 is 0. The maximum Gasteiger partial charge on any atom is 0.208 e. The number of methoxy groups -OCH3 is 1. The Morgan fingerprint density at radius 3 is 2.27 bits per heavy atom. The third kappa shape index (κ3) is 3.39. The van der Waals surface area contributed by atoms with E-state index in [0.717, 1.165) is 18.3 Å². The second kappa shape index (κ2) is 7.46. The van der Waals surface area contributed by atoms with Crippen molar-refractivity contribution in [2.24, 2.45) is 0 Å². The standard InChI is InChI=1S/C22H14F3NO3S/c1-29-15-5-2-13(3-6-15)22-17-8-4-14(23)10-20(17)26-12-21(22)30(27,28)16-7-9-18(24)19(25)11-16/h2-12H,1H3. The molecule has 152 valence electrons. The molecular weight excluding hydrogens is 415 g/mol. The quantitative estimate of drug-likeness (QED) is 0.421. The lowest BCUT2D eigenvalue weighted by molar-refractivity contribution is 0.415. The van der Waals surface area contributed by atoms with Crippen LogP contribution in [0.3, 0.4) is 0 Å². The van der Waals surface area contributed by atoms with Crippen molar-refractivity contribution in [3.8, 4) is 16.9 Å². The van der Waals surface area contributed by atoms with Crippen molar-refractivity contribution in [1.29, 1.82) is 0 Å². The van der Waals surface area contributed by atoms with E-state index in [4.69, 9.17) is 4.74 Å². The number of hydrogen-bond donors (Lipinski definition) is 0. The highest BCUT2D eigenvalue weighted by molar-refractivity contribution is 7.91. The Bertz CT molecular complexity index is 1370. The molecule has 0 unspecified atom stereocenters. The van der Waals surface area contributed by atoms with Crippen LogP contribution in [-0.4, -0.2) is 20.5 Å². The second-order valence-electron chi connectivity index (χ2n) is 6.47. The minimum atomic E-state index is -4.27. The Balaban J connectivity index is 2.03. The van der Waals surface area contributed by atoms with E-state index in [1.807, 2.05) is 0 Å². The van der Waals surface area contributed by atoms with E-state index in [1.54, 1.807) is 24.3 Å². The molecule has 4 rings (SSSR count). The van der Waals surface area contributed by atoms with Crippen LogP contribution >= 0.6 is 0 Å². The third-order valence-corrected chi connectivity index (χ3v) is 6.43. The molecule has 0 aliphatic rings. The van der Waals surface area contributed by atoms with E-state index in [0.29, 0.717) is 22.8 Å². The molecule has 4 nitrogen and oxygen atoms in total. The highest BCUT2D eigenvalue weighted by Crippen LogP contribution is 2.37. The average Bonchev–Trinajstić information content (AvgIpc) is 2.74. The summed E-state index contributed by atoms with van der Waals surface area (Å²) in [7, 11) is -2.77. The van der Waals surface area contributed by atoms with Gasteiger partial charge in [0.2, 0.25) is 9.84 Å². The van der Waals surface area contributed by atoms with Gasteiger partial charge in [0, 0.05) is 23.2 Å². The highest BCUT2D eigenvalue weighted by atomic mass is 32.2. The summed E-state index contributed by atoms with van der Waals surface area (Å²) in [6.07, 6.45) is 1.10. The molecule has 0 saturated carbocycles. The number of rotatable bonds is 4. The van der Waals surface area contributed by atoms with Crippen LogP contribution in [0.15, 0.2) is 76.7 Å². The fourth-order valence-electron chi connectivity index (χ4n) is 3.18. The largest absolute Gasteiger partial charge is 0.497 e. The van der Waals surface area contributed by atoms with Crippen LogP contribution < -0.4 is 4.74 Å². The predicted molar refractivity (Wildman–Crippen MR) is 105 cm³/mol. The van der Waals surface area contributed by atoms with Crippen molar-refractivity contribution in [3.63, 3.8) is 0 Å². The molecule has 0 bridgehead atoms. The summed E-state index contributed by atoms with van der Waals surface area (Å²) in [4.78, 5) is 3.45. The van der Waals surface area contributed by atoms with Gasteiger partial charge < -0.3 is 4.74 Å². The number of hydrogen-bond acceptors (Lipinski definition) is 4. The van der Waals surface area contributed by atoms with Gasteiger partial charge in [-0.3, -0.25) is 4.98 Å². The van der Waals surface area contributed by atoms with E-state index < -0.39 is 32.2 Å². The Morgan fingerprint density at radius 2 is 1.60 bits per heavy atom. The van der Waals surface area contributed by atoms with Crippen molar-refractivity contribution in [3.05, 3.63) is 84.3 Å². The molecule has 0 atom stereocenters. The van der Waals surface area contributed by atoms with Gasteiger partial charge in [0.15, 0.2) is 11.6 Å². The van der Waals surface area contributed by atoms with Crippen molar-refractivity contribution in [1.82, 2.24) is 4.98 Å². The monoisotopic (exact) mass is 429 g/mol. The van der Waals surface area contributed by atoms with E-state index in [1.165, 1.54) is 25.3 Å². The number of ether oxygens (including phenoxy) is 1.